The molecule has 0 atom stereocenters. The van der Waals surface area contributed by atoms with Crippen LogP contribution in [0.4, 0.5) is 5.82 Å². The fraction of sp³-hybridized carbons (Fsp3) is 0.583. The fourth-order valence-electron chi connectivity index (χ4n) is 1.87. The average Bonchev–Trinajstić information content (AvgIpc) is 2.47. The van der Waals surface area contributed by atoms with Crippen molar-refractivity contribution in [3.05, 3.63) is 17.3 Å². The van der Waals surface area contributed by atoms with E-state index in [1.54, 1.807) is 0 Å². The molecule has 0 bridgehead atoms. The molecule has 1 saturated heterocycles. The summed E-state index contributed by atoms with van der Waals surface area (Å²) < 4.78 is 31.4. The van der Waals surface area contributed by atoms with Crippen LogP contribution < -0.4 is 5.32 Å². The van der Waals surface area contributed by atoms with Gasteiger partial charge in [-0.25, -0.2) is 13.4 Å². The number of nitrogens with one attached hydrogen (secondary N) is 1. The van der Waals surface area contributed by atoms with E-state index in [9.17, 15) is 8.42 Å². The Hall–Kier alpha value is -0.890. The molecule has 1 aliphatic heterocycles. The molecule has 0 radical (unpaired) electrons. The number of nitrogens with zero attached hydrogens (tertiary/aromatic N) is 2. The minimum atomic E-state index is -3.54. The van der Waals surface area contributed by atoms with E-state index in [1.165, 1.54) is 16.6 Å². The van der Waals surface area contributed by atoms with Crippen LogP contribution in [0.2, 0.25) is 5.02 Å². The molecule has 8 heteroatoms. The van der Waals surface area contributed by atoms with Crippen LogP contribution in [0.3, 0.4) is 0 Å². The second-order valence-corrected chi connectivity index (χ2v) is 6.79. The second-order valence-electron chi connectivity index (χ2n) is 4.44. The first kappa shape index (κ1) is 15.5. The molecule has 1 aromatic rings. The van der Waals surface area contributed by atoms with Gasteiger partial charge in [-0.3, -0.25) is 0 Å². The summed E-state index contributed by atoms with van der Waals surface area (Å²) >= 11 is 6.08. The van der Waals surface area contributed by atoms with Gasteiger partial charge >= 0.3 is 0 Å². The standard InChI is InChI=1S/C12H18ClN3O3S/c1-2-3-14-12-11(13)8-10(9-15-12)20(17,18)16-4-6-19-7-5-16/h8-9H,2-7H2,1H3,(H,14,15). The summed E-state index contributed by atoms with van der Waals surface area (Å²) in [5.41, 5.74) is 0. The van der Waals surface area contributed by atoms with Crippen LogP contribution in [0.25, 0.3) is 0 Å². The van der Waals surface area contributed by atoms with E-state index in [0.29, 0.717) is 37.1 Å². The highest BCUT2D eigenvalue weighted by molar-refractivity contribution is 7.89. The molecule has 0 saturated carbocycles. The molecule has 1 aromatic heterocycles. The predicted molar refractivity (Wildman–Crippen MR) is 77.6 cm³/mol. The van der Waals surface area contributed by atoms with Crippen LogP contribution in [-0.2, 0) is 14.8 Å². The molecular formula is C12H18ClN3O3S. The van der Waals surface area contributed by atoms with Crippen LogP contribution in [0.1, 0.15) is 13.3 Å². The number of ether oxygens (including phenoxy) is 1. The van der Waals surface area contributed by atoms with E-state index < -0.39 is 10.0 Å². The zero-order valence-electron chi connectivity index (χ0n) is 11.3. The molecule has 0 amide bonds. The lowest BCUT2D eigenvalue weighted by Crippen LogP contribution is -2.40. The molecule has 1 fully saturated rings. The molecule has 0 aromatic carbocycles. The van der Waals surface area contributed by atoms with Crippen molar-refractivity contribution in [1.82, 2.24) is 9.29 Å². The molecule has 1 aliphatic rings. The Labute approximate surface area is 124 Å². The van der Waals surface area contributed by atoms with Crippen molar-refractivity contribution in [2.45, 2.75) is 18.2 Å². The summed E-state index contributed by atoms with van der Waals surface area (Å²) in [6.45, 7) is 4.30. The van der Waals surface area contributed by atoms with Crippen LogP contribution in [0.15, 0.2) is 17.2 Å². The molecule has 0 aliphatic carbocycles. The first-order valence-electron chi connectivity index (χ1n) is 6.53. The summed E-state index contributed by atoms with van der Waals surface area (Å²) in [6, 6.07) is 1.44. The van der Waals surface area contributed by atoms with Crippen LogP contribution in [-0.4, -0.2) is 50.6 Å². The van der Waals surface area contributed by atoms with Crippen molar-refractivity contribution < 1.29 is 13.2 Å². The highest BCUT2D eigenvalue weighted by Crippen LogP contribution is 2.24. The maximum absolute atomic E-state index is 12.4. The number of hydrogen-bond acceptors (Lipinski definition) is 5. The summed E-state index contributed by atoms with van der Waals surface area (Å²) in [5, 5.41) is 3.36. The highest BCUT2D eigenvalue weighted by Gasteiger charge is 2.27. The van der Waals surface area contributed by atoms with Gasteiger partial charge < -0.3 is 10.1 Å². The Morgan fingerprint density at radius 1 is 1.45 bits per heavy atom. The zero-order valence-corrected chi connectivity index (χ0v) is 12.9. The van der Waals surface area contributed by atoms with Crippen molar-refractivity contribution in [3.8, 4) is 0 Å². The maximum atomic E-state index is 12.4. The molecular weight excluding hydrogens is 302 g/mol. The van der Waals surface area contributed by atoms with Gasteiger partial charge in [-0.2, -0.15) is 4.31 Å². The largest absolute Gasteiger partial charge is 0.379 e. The van der Waals surface area contributed by atoms with Crippen molar-refractivity contribution in [2.75, 3.05) is 38.2 Å². The minimum absolute atomic E-state index is 0.117. The number of hydrogen-bond donors (Lipinski definition) is 1. The van der Waals surface area contributed by atoms with Crippen molar-refractivity contribution >= 4 is 27.4 Å². The number of halogens is 1. The van der Waals surface area contributed by atoms with E-state index in [4.69, 9.17) is 16.3 Å². The molecule has 0 spiro atoms. The third kappa shape index (κ3) is 3.41. The van der Waals surface area contributed by atoms with Crippen LogP contribution in [0, 0.1) is 0 Å². The van der Waals surface area contributed by atoms with Crippen molar-refractivity contribution in [1.29, 1.82) is 0 Å². The minimum Gasteiger partial charge on any atom is -0.379 e. The van der Waals surface area contributed by atoms with Gasteiger partial charge in [0.2, 0.25) is 10.0 Å². The van der Waals surface area contributed by atoms with E-state index in [0.717, 1.165) is 13.0 Å². The van der Waals surface area contributed by atoms with Crippen molar-refractivity contribution in [3.63, 3.8) is 0 Å². The third-order valence-corrected chi connectivity index (χ3v) is 5.12. The summed E-state index contributed by atoms with van der Waals surface area (Å²) in [5.74, 6) is 0.509. The first-order chi connectivity index (χ1) is 9.55. The van der Waals surface area contributed by atoms with Gasteiger partial charge in [0.1, 0.15) is 10.7 Å². The van der Waals surface area contributed by atoms with E-state index >= 15 is 0 Å². The monoisotopic (exact) mass is 319 g/mol. The first-order valence-corrected chi connectivity index (χ1v) is 8.35. The van der Waals surface area contributed by atoms with Gasteiger partial charge in [-0.15, -0.1) is 0 Å². The second kappa shape index (κ2) is 6.71. The highest BCUT2D eigenvalue weighted by atomic mass is 35.5. The Kier molecular flexibility index (Phi) is 5.20. The lowest BCUT2D eigenvalue weighted by atomic mass is 10.4. The topological polar surface area (TPSA) is 71.5 Å². The average molecular weight is 320 g/mol. The molecule has 6 nitrogen and oxygen atoms in total. The number of morpholine rings is 1. The number of sulfonamides is 1. The van der Waals surface area contributed by atoms with E-state index in [-0.39, 0.29) is 4.90 Å². The Morgan fingerprint density at radius 2 is 2.15 bits per heavy atom. The lowest BCUT2D eigenvalue weighted by molar-refractivity contribution is 0.0730. The molecule has 112 valence electrons. The zero-order chi connectivity index (χ0) is 14.6. The maximum Gasteiger partial charge on any atom is 0.244 e. The quantitative estimate of drug-likeness (QED) is 0.892. The normalized spacial score (nSPS) is 17.1. The summed E-state index contributed by atoms with van der Waals surface area (Å²) in [6.07, 6.45) is 2.28. The molecule has 20 heavy (non-hydrogen) atoms. The van der Waals surface area contributed by atoms with Gasteiger partial charge in [0, 0.05) is 25.8 Å². The van der Waals surface area contributed by atoms with Gasteiger partial charge in [0.25, 0.3) is 0 Å². The number of pyridine rings is 1. The molecule has 1 N–H and O–H groups in total. The predicted octanol–water partition coefficient (Wildman–Crippen LogP) is 1.58. The van der Waals surface area contributed by atoms with Gasteiger partial charge in [0.15, 0.2) is 0 Å². The molecule has 2 rings (SSSR count). The smallest absolute Gasteiger partial charge is 0.244 e. The van der Waals surface area contributed by atoms with E-state index in [2.05, 4.69) is 10.3 Å². The van der Waals surface area contributed by atoms with Crippen molar-refractivity contribution in [2.24, 2.45) is 0 Å². The van der Waals surface area contributed by atoms with Gasteiger partial charge in [0.05, 0.1) is 18.2 Å². The number of rotatable bonds is 5. The van der Waals surface area contributed by atoms with Gasteiger partial charge in [-0.1, -0.05) is 18.5 Å². The fourth-order valence-corrected chi connectivity index (χ4v) is 3.55. The Morgan fingerprint density at radius 3 is 2.75 bits per heavy atom. The number of aromatic nitrogens is 1. The van der Waals surface area contributed by atoms with Gasteiger partial charge in [-0.05, 0) is 12.5 Å². The number of anilines is 1. The summed E-state index contributed by atoms with van der Waals surface area (Å²) in [4.78, 5) is 4.21. The van der Waals surface area contributed by atoms with Crippen LogP contribution in [0.5, 0.6) is 0 Å². The molecule has 2 heterocycles. The SMILES string of the molecule is CCCNc1ncc(S(=O)(=O)N2CCOCC2)cc1Cl. The van der Waals surface area contributed by atoms with Crippen LogP contribution >= 0.6 is 11.6 Å². The third-order valence-electron chi connectivity index (χ3n) is 2.97. The lowest BCUT2D eigenvalue weighted by Gasteiger charge is -2.26. The summed E-state index contributed by atoms with van der Waals surface area (Å²) in [7, 11) is -3.54. The molecule has 0 unspecified atom stereocenters. The van der Waals surface area contributed by atoms with E-state index in [1.807, 2.05) is 6.92 Å². The Balaban J connectivity index is 2.21. The Bertz CT molecular complexity index is 559.